The number of ether oxygens (including phenoxy) is 2. The average molecular weight is 469 g/mol. The van der Waals surface area contributed by atoms with Gasteiger partial charge in [-0.05, 0) is 41.3 Å². The highest BCUT2D eigenvalue weighted by Crippen LogP contribution is 2.28. The van der Waals surface area contributed by atoms with Crippen molar-refractivity contribution in [3.8, 4) is 5.75 Å². The number of benzene rings is 2. The smallest absolute Gasteiger partial charge is 0.124 e. The molecule has 9 heteroatoms. The summed E-state index contributed by atoms with van der Waals surface area (Å²) in [4.78, 5) is 0. The number of hydrogen-bond acceptors (Lipinski definition) is 8. The summed E-state index contributed by atoms with van der Waals surface area (Å²) in [6, 6.07) is 12.2. The van der Waals surface area contributed by atoms with E-state index in [1.54, 1.807) is 12.1 Å². The van der Waals surface area contributed by atoms with E-state index in [2.05, 4.69) is 0 Å². The quantitative estimate of drug-likeness (QED) is 0.297. The van der Waals surface area contributed by atoms with Gasteiger partial charge in [0.25, 0.3) is 0 Å². The largest absolute Gasteiger partial charge is 0.488 e. The molecule has 1 aliphatic rings. The summed E-state index contributed by atoms with van der Waals surface area (Å²) in [5, 5.41) is 59.4. The van der Waals surface area contributed by atoms with Gasteiger partial charge in [-0.2, -0.15) is 0 Å². The maximum absolute atomic E-state index is 10.5. The second-order valence-corrected chi connectivity index (χ2v) is 8.35. The molecule has 2 aromatic carbocycles. The summed E-state index contributed by atoms with van der Waals surface area (Å²) in [5.74, 6) is 0.750. The Balaban J connectivity index is 1.68. The minimum absolute atomic E-state index is 0.0623. The van der Waals surface area contributed by atoms with Crippen LogP contribution < -0.4 is 4.74 Å². The molecule has 0 aliphatic carbocycles. The first-order chi connectivity index (χ1) is 15.3. The van der Waals surface area contributed by atoms with Gasteiger partial charge >= 0.3 is 0 Å². The van der Waals surface area contributed by atoms with Crippen molar-refractivity contribution in [2.24, 2.45) is 0 Å². The van der Waals surface area contributed by atoms with Crippen molar-refractivity contribution >= 4 is 11.6 Å². The first-order valence-corrected chi connectivity index (χ1v) is 10.8. The van der Waals surface area contributed by atoms with E-state index in [1.165, 1.54) is 6.07 Å². The van der Waals surface area contributed by atoms with Crippen LogP contribution in [0.1, 0.15) is 29.2 Å². The van der Waals surface area contributed by atoms with Gasteiger partial charge < -0.3 is 40.1 Å². The van der Waals surface area contributed by atoms with Crippen LogP contribution in [0.4, 0.5) is 0 Å². The van der Waals surface area contributed by atoms with Gasteiger partial charge in [0.2, 0.25) is 0 Å². The highest BCUT2D eigenvalue weighted by Gasteiger charge is 2.34. The molecule has 2 unspecified atom stereocenters. The van der Waals surface area contributed by atoms with Crippen LogP contribution in [-0.4, -0.2) is 81.0 Å². The Hall–Kier alpha value is -1.75. The molecular formula is C23H29ClO8. The zero-order chi connectivity index (χ0) is 23.3. The molecule has 0 saturated carbocycles. The van der Waals surface area contributed by atoms with Gasteiger partial charge in [-0.1, -0.05) is 35.9 Å². The predicted octanol–water partition coefficient (Wildman–Crippen LogP) is 0.568. The molecule has 1 heterocycles. The van der Waals surface area contributed by atoms with Crippen molar-refractivity contribution in [2.75, 3.05) is 19.8 Å². The predicted molar refractivity (Wildman–Crippen MR) is 117 cm³/mol. The highest BCUT2D eigenvalue weighted by molar-refractivity contribution is 6.31. The minimum atomic E-state index is -1.87. The van der Waals surface area contributed by atoms with Crippen LogP contribution in [0.2, 0.25) is 5.02 Å². The first-order valence-electron chi connectivity index (χ1n) is 10.4. The van der Waals surface area contributed by atoms with Gasteiger partial charge in [-0.3, -0.25) is 0 Å². The van der Waals surface area contributed by atoms with Crippen LogP contribution >= 0.6 is 11.6 Å². The molecule has 0 spiro atoms. The minimum Gasteiger partial charge on any atom is -0.488 e. The van der Waals surface area contributed by atoms with Gasteiger partial charge in [-0.15, -0.1) is 0 Å². The maximum Gasteiger partial charge on any atom is 0.124 e. The van der Waals surface area contributed by atoms with E-state index in [0.29, 0.717) is 30.2 Å². The Kier molecular flexibility index (Phi) is 8.87. The SMILES string of the molecule is OC[C@@H](O)[C@@H](O)[C@H](O)[C@@H](O)C(O)c1ccc(Cl)c(Cc2ccc(OC3CCOC3)cc2)c1. The topological polar surface area (TPSA) is 140 Å². The fraction of sp³-hybridized carbons (Fsp3) is 0.478. The Morgan fingerprint density at radius 3 is 2.31 bits per heavy atom. The Bertz CT molecular complexity index is 856. The van der Waals surface area contributed by atoms with Crippen molar-refractivity contribution < 1.29 is 40.1 Å². The number of halogens is 1. The van der Waals surface area contributed by atoms with Crippen LogP contribution in [0.5, 0.6) is 5.75 Å². The molecule has 32 heavy (non-hydrogen) atoms. The number of hydrogen-bond donors (Lipinski definition) is 6. The number of aliphatic hydroxyl groups is 6. The van der Waals surface area contributed by atoms with E-state index in [9.17, 15) is 25.5 Å². The molecule has 6 N–H and O–H groups in total. The average Bonchev–Trinajstić information content (AvgIpc) is 3.32. The van der Waals surface area contributed by atoms with Crippen molar-refractivity contribution in [3.63, 3.8) is 0 Å². The van der Waals surface area contributed by atoms with Crippen LogP contribution in [0, 0.1) is 0 Å². The lowest BCUT2D eigenvalue weighted by atomic mass is 9.93. The highest BCUT2D eigenvalue weighted by atomic mass is 35.5. The number of rotatable bonds is 10. The Morgan fingerprint density at radius 2 is 1.69 bits per heavy atom. The molecule has 1 fully saturated rings. The van der Waals surface area contributed by atoms with E-state index >= 15 is 0 Å². The lowest BCUT2D eigenvalue weighted by molar-refractivity contribution is -0.141. The second kappa shape index (κ2) is 11.4. The van der Waals surface area contributed by atoms with E-state index in [4.69, 9.17) is 26.2 Å². The van der Waals surface area contributed by atoms with Crippen LogP contribution in [0.15, 0.2) is 42.5 Å². The summed E-state index contributed by atoms with van der Waals surface area (Å²) in [5.41, 5.74) is 1.93. The summed E-state index contributed by atoms with van der Waals surface area (Å²) >= 11 is 6.32. The summed E-state index contributed by atoms with van der Waals surface area (Å²) in [7, 11) is 0. The van der Waals surface area contributed by atoms with Gasteiger partial charge in [0.1, 0.15) is 42.4 Å². The molecule has 3 rings (SSSR count). The Morgan fingerprint density at radius 1 is 0.969 bits per heavy atom. The summed E-state index contributed by atoms with van der Waals surface area (Å²) in [6.45, 7) is 0.490. The van der Waals surface area contributed by atoms with Crippen molar-refractivity contribution in [3.05, 3.63) is 64.2 Å². The number of aliphatic hydroxyl groups excluding tert-OH is 6. The molecule has 0 amide bonds. The monoisotopic (exact) mass is 468 g/mol. The van der Waals surface area contributed by atoms with Gasteiger partial charge in [0.15, 0.2) is 0 Å². The van der Waals surface area contributed by atoms with Crippen molar-refractivity contribution in [1.82, 2.24) is 0 Å². The van der Waals surface area contributed by atoms with E-state index in [-0.39, 0.29) is 11.7 Å². The lowest BCUT2D eigenvalue weighted by Crippen LogP contribution is -2.47. The lowest BCUT2D eigenvalue weighted by Gasteiger charge is -2.28. The third-order valence-electron chi connectivity index (χ3n) is 5.52. The second-order valence-electron chi connectivity index (χ2n) is 7.94. The van der Waals surface area contributed by atoms with E-state index in [0.717, 1.165) is 17.7 Å². The zero-order valence-electron chi connectivity index (χ0n) is 17.4. The molecule has 0 radical (unpaired) electrons. The molecule has 176 valence electrons. The van der Waals surface area contributed by atoms with E-state index < -0.39 is 37.1 Å². The van der Waals surface area contributed by atoms with Gasteiger partial charge in [0.05, 0.1) is 19.8 Å². The molecule has 0 aromatic heterocycles. The van der Waals surface area contributed by atoms with Crippen LogP contribution in [-0.2, 0) is 11.2 Å². The van der Waals surface area contributed by atoms with Crippen LogP contribution in [0.25, 0.3) is 0 Å². The molecule has 1 aliphatic heterocycles. The van der Waals surface area contributed by atoms with E-state index in [1.807, 2.05) is 24.3 Å². The standard InChI is InChI=1S/C23H29ClO8/c24-18-6-3-14(20(27)22(29)23(30)21(28)19(26)11-25)10-15(18)9-13-1-4-16(5-2-13)32-17-7-8-31-12-17/h1-6,10,17,19-23,25-30H,7-9,11-12H2/t17?,19-,20?,21-,22+,23+/m1/s1. The zero-order valence-corrected chi connectivity index (χ0v) is 18.2. The normalized spacial score (nSPS) is 21.0. The third kappa shape index (κ3) is 6.18. The fourth-order valence-corrected chi connectivity index (χ4v) is 3.72. The Labute approximate surface area is 191 Å². The maximum atomic E-state index is 10.5. The molecule has 6 atom stereocenters. The van der Waals surface area contributed by atoms with Crippen LogP contribution in [0.3, 0.4) is 0 Å². The first kappa shape index (κ1) is 24.9. The fourth-order valence-electron chi connectivity index (χ4n) is 3.54. The van der Waals surface area contributed by atoms with Gasteiger partial charge in [-0.25, -0.2) is 0 Å². The molecular weight excluding hydrogens is 440 g/mol. The molecule has 2 aromatic rings. The van der Waals surface area contributed by atoms with Gasteiger partial charge in [0, 0.05) is 11.4 Å². The summed E-state index contributed by atoms with van der Waals surface area (Å²) in [6.07, 6.45) is -7.31. The van der Waals surface area contributed by atoms with Crippen molar-refractivity contribution in [1.29, 1.82) is 0 Å². The molecule has 1 saturated heterocycles. The summed E-state index contributed by atoms with van der Waals surface area (Å²) < 4.78 is 11.2. The molecule has 8 nitrogen and oxygen atoms in total. The molecule has 0 bridgehead atoms. The van der Waals surface area contributed by atoms with Crippen molar-refractivity contribution in [2.45, 2.75) is 49.5 Å². The third-order valence-corrected chi connectivity index (χ3v) is 5.89.